The first-order valence-corrected chi connectivity index (χ1v) is 11.0. The molecule has 0 aliphatic rings. The molecule has 9 heteroatoms. The van der Waals surface area contributed by atoms with E-state index in [1.165, 1.54) is 49.5 Å². The summed E-state index contributed by atoms with van der Waals surface area (Å²) in [5.74, 6) is 0.523. The number of anilines is 1. The number of rotatable bonds is 11. The number of carbonyl (C=O) groups is 2. The van der Waals surface area contributed by atoms with Crippen molar-refractivity contribution in [3.63, 3.8) is 0 Å². The lowest BCUT2D eigenvalue weighted by Crippen LogP contribution is -2.16. The zero-order valence-electron chi connectivity index (χ0n) is 16.0. The summed E-state index contributed by atoms with van der Waals surface area (Å²) in [5.41, 5.74) is 0.368. The van der Waals surface area contributed by atoms with Gasteiger partial charge in [-0.3, -0.25) is 4.79 Å². The van der Waals surface area contributed by atoms with Crippen molar-refractivity contribution < 1.29 is 14.3 Å². The lowest BCUT2D eigenvalue weighted by molar-refractivity contribution is -0.113. The molecular formula is C18H26N4O3S2. The van der Waals surface area contributed by atoms with Crippen LogP contribution in [0.15, 0.2) is 16.6 Å². The highest BCUT2D eigenvalue weighted by molar-refractivity contribution is 7.99. The third-order valence-corrected chi connectivity index (χ3v) is 5.82. The van der Waals surface area contributed by atoms with Gasteiger partial charge in [0.2, 0.25) is 5.91 Å². The molecular weight excluding hydrogens is 384 g/mol. The number of ether oxygens (including phenoxy) is 1. The standard InChI is InChI=1S/C18H26N4O3S2/c1-4-6-7-8-9-14-20-21-18(22(14)5-2)27-12-15(23)19-16-13(10-11-26-16)17(24)25-3/h10-11H,4-9,12H2,1-3H3,(H,19,23). The van der Waals surface area contributed by atoms with Gasteiger partial charge in [0.15, 0.2) is 5.16 Å². The Labute approximate surface area is 167 Å². The molecule has 27 heavy (non-hydrogen) atoms. The van der Waals surface area contributed by atoms with Crippen molar-refractivity contribution in [1.82, 2.24) is 14.8 Å². The molecule has 0 radical (unpaired) electrons. The second-order valence-electron chi connectivity index (χ2n) is 5.95. The van der Waals surface area contributed by atoms with Gasteiger partial charge in [0.25, 0.3) is 0 Å². The molecule has 0 aromatic carbocycles. The lowest BCUT2D eigenvalue weighted by Gasteiger charge is -2.08. The molecule has 0 unspecified atom stereocenters. The third-order valence-electron chi connectivity index (χ3n) is 4.02. The van der Waals surface area contributed by atoms with Gasteiger partial charge in [-0.1, -0.05) is 37.9 Å². The summed E-state index contributed by atoms with van der Waals surface area (Å²) >= 11 is 2.64. The van der Waals surface area contributed by atoms with Crippen molar-refractivity contribution >= 4 is 40.0 Å². The highest BCUT2D eigenvalue weighted by Gasteiger charge is 2.17. The van der Waals surface area contributed by atoms with E-state index < -0.39 is 5.97 Å². The average molecular weight is 411 g/mol. The second-order valence-corrected chi connectivity index (χ2v) is 7.80. The topological polar surface area (TPSA) is 86.1 Å². The number of aromatic nitrogens is 3. The smallest absolute Gasteiger partial charge is 0.340 e. The summed E-state index contributed by atoms with van der Waals surface area (Å²) in [7, 11) is 1.32. The maximum absolute atomic E-state index is 12.3. The maximum Gasteiger partial charge on any atom is 0.340 e. The predicted octanol–water partition coefficient (Wildman–Crippen LogP) is 4.00. The number of amides is 1. The highest BCUT2D eigenvalue weighted by Crippen LogP contribution is 2.25. The summed E-state index contributed by atoms with van der Waals surface area (Å²) in [4.78, 5) is 23.9. The number of unbranched alkanes of at least 4 members (excludes halogenated alkanes) is 3. The van der Waals surface area contributed by atoms with Crippen molar-refractivity contribution in [3.8, 4) is 0 Å². The molecule has 7 nitrogen and oxygen atoms in total. The Bertz CT molecular complexity index is 758. The molecule has 0 saturated heterocycles. The molecule has 2 aromatic heterocycles. The molecule has 2 aromatic rings. The van der Waals surface area contributed by atoms with Crippen LogP contribution in [0.5, 0.6) is 0 Å². The molecule has 2 heterocycles. The van der Waals surface area contributed by atoms with Crippen molar-refractivity contribution in [2.75, 3.05) is 18.2 Å². The molecule has 0 bridgehead atoms. The van der Waals surface area contributed by atoms with E-state index >= 15 is 0 Å². The number of hydrogen-bond acceptors (Lipinski definition) is 7. The van der Waals surface area contributed by atoms with Gasteiger partial charge in [-0.2, -0.15) is 0 Å². The summed E-state index contributed by atoms with van der Waals surface area (Å²) in [6, 6.07) is 1.64. The van der Waals surface area contributed by atoms with Crippen LogP contribution in [0.25, 0.3) is 0 Å². The fraction of sp³-hybridized carbons (Fsp3) is 0.556. The van der Waals surface area contributed by atoms with Crippen molar-refractivity contribution in [3.05, 3.63) is 22.8 Å². The van der Waals surface area contributed by atoms with E-state index in [1.54, 1.807) is 11.4 Å². The number of esters is 1. The van der Waals surface area contributed by atoms with Gasteiger partial charge in [-0.25, -0.2) is 4.79 Å². The Balaban J connectivity index is 1.90. The Morgan fingerprint density at radius 3 is 2.78 bits per heavy atom. The Kier molecular flexibility index (Phi) is 8.80. The van der Waals surface area contributed by atoms with Crippen LogP contribution in [0.4, 0.5) is 5.00 Å². The number of aryl methyl sites for hydroxylation is 1. The molecule has 1 amide bonds. The summed E-state index contributed by atoms with van der Waals surface area (Å²) in [5, 5.41) is 14.3. The second kappa shape index (κ2) is 11.1. The van der Waals surface area contributed by atoms with E-state index in [1.807, 2.05) is 0 Å². The molecule has 0 atom stereocenters. The van der Waals surface area contributed by atoms with Crippen LogP contribution in [0.3, 0.4) is 0 Å². The van der Waals surface area contributed by atoms with Crippen LogP contribution < -0.4 is 5.32 Å². The van der Waals surface area contributed by atoms with Crippen LogP contribution >= 0.6 is 23.1 Å². The summed E-state index contributed by atoms with van der Waals surface area (Å²) in [6.07, 6.45) is 5.65. The summed E-state index contributed by atoms with van der Waals surface area (Å²) < 4.78 is 6.78. The fourth-order valence-electron chi connectivity index (χ4n) is 2.61. The van der Waals surface area contributed by atoms with E-state index in [-0.39, 0.29) is 11.7 Å². The van der Waals surface area contributed by atoms with Gasteiger partial charge in [0.1, 0.15) is 10.8 Å². The molecule has 1 N–H and O–H groups in total. The number of carbonyl (C=O) groups excluding carboxylic acids is 2. The van der Waals surface area contributed by atoms with Crippen LogP contribution in [0, 0.1) is 0 Å². The van der Waals surface area contributed by atoms with Crippen molar-refractivity contribution in [2.24, 2.45) is 0 Å². The first kappa shape index (κ1) is 21.4. The lowest BCUT2D eigenvalue weighted by atomic mass is 10.1. The van der Waals surface area contributed by atoms with E-state index in [4.69, 9.17) is 4.74 Å². The Morgan fingerprint density at radius 1 is 1.26 bits per heavy atom. The van der Waals surface area contributed by atoms with Crippen LogP contribution in [0.1, 0.15) is 55.7 Å². The van der Waals surface area contributed by atoms with Crippen molar-refractivity contribution in [2.45, 2.75) is 57.7 Å². The molecule has 148 valence electrons. The van der Waals surface area contributed by atoms with Gasteiger partial charge in [-0.15, -0.1) is 21.5 Å². The van der Waals surface area contributed by atoms with E-state index in [9.17, 15) is 9.59 Å². The first-order valence-electron chi connectivity index (χ1n) is 9.11. The summed E-state index contributed by atoms with van der Waals surface area (Å²) in [6.45, 7) is 5.02. The molecule has 0 saturated carbocycles. The van der Waals surface area contributed by atoms with Gasteiger partial charge < -0.3 is 14.6 Å². The number of methoxy groups -OCH3 is 1. The minimum absolute atomic E-state index is 0.192. The third kappa shape index (κ3) is 6.07. The van der Waals surface area contributed by atoms with Crippen molar-refractivity contribution in [1.29, 1.82) is 0 Å². The predicted molar refractivity (Wildman–Crippen MR) is 109 cm³/mol. The zero-order valence-corrected chi connectivity index (χ0v) is 17.6. The molecule has 2 rings (SSSR count). The minimum atomic E-state index is -0.461. The SMILES string of the molecule is CCCCCCc1nnc(SCC(=O)Nc2sccc2C(=O)OC)n1CC. The average Bonchev–Trinajstić information content (AvgIpc) is 3.29. The number of thioether (sulfide) groups is 1. The van der Waals surface area contributed by atoms with Crippen LogP contribution in [-0.2, 0) is 22.5 Å². The van der Waals surface area contributed by atoms with Crippen LogP contribution in [-0.4, -0.2) is 39.5 Å². The quantitative estimate of drug-likeness (QED) is 0.342. The zero-order chi connectivity index (χ0) is 19.6. The van der Waals surface area contributed by atoms with Gasteiger partial charge in [-0.05, 0) is 24.8 Å². The highest BCUT2D eigenvalue weighted by atomic mass is 32.2. The molecule has 0 fully saturated rings. The number of nitrogens with zero attached hydrogens (tertiary/aromatic N) is 3. The number of nitrogens with one attached hydrogen (secondary N) is 1. The first-order chi connectivity index (χ1) is 13.1. The fourth-order valence-corrected chi connectivity index (χ4v) is 4.22. The van der Waals surface area contributed by atoms with Gasteiger partial charge in [0.05, 0.1) is 18.4 Å². The number of thiophene rings is 1. The molecule has 0 spiro atoms. The Morgan fingerprint density at radius 2 is 2.07 bits per heavy atom. The largest absolute Gasteiger partial charge is 0.465 e. The molecule has 0 aliphatic heterocycles. The normalized spacial score (nSPS) is 10.8. The van der Waals surface area contributed by atoms with Crippen LogP contribution in [0.2, 0.25) is 0 Å². The van der Waals surface area contributed by atoms with E-state index in [2.05, 4.69) is 33.9 Å². The maximum atomic E-state index is 12.3. The Hall–Kier alpha value is -1.87. The monoisotopic (exact) mass is 410 g/mol. The van der Waals surface area contributed by atoms with Gasteiger partial charge >= 0.3 is 5.97 Å². The number of hydrogen-bond donors (Lipinski definition) is 1. The minimum Gasteiger partial charge on any atom is -0.465 e. The van der Waals surface area contributed by atoms with Gasteiger partial charge in [0, 0.05) is 13.0 Å². The van der Waals surface area contributed by atoms with E-state index in [0.717, 1.165) is 30.4 Å². The van der Waals surface area contributed by atoms with E-state index in [0.29, 0.717) is 10.6 Å². The molecule has 0 aliphatic carbocycles.